The lowest BCUT2D eigenvalue weighted by molar-refractivity contribution is 0.285. The monoisotopic (exact) mass is 399 g/mol. The van der Waals surface area contributed by atoms with Gasteiger partial charge >= 0.3 is 0 Å². The summed E-state index contributed by atoms with van der Waals surface area (Å²) >= 11 is 0. The van der Waals surface area contributed by atoms with Crippen LogP contribution in [-0.2, 0) is 6.54 Å². The molecule has 0 atom stereocenters. The number of nitrogens with zero attached hydrogens (tertiary/aromatic N) is 5. The number of fused-ring (bicyclic) bond motifs is 1. The average molecular weight is 399 g/mol. The zero-order valence-corrected chi connectivity index (χ0v) is 16.9. The number of benzene rings is 2. The molecule has 2 heterocycles. The number of hydrogen-bond donors (Lipinski definition) is 0. The fourth-order valence-corrected chi connectivity index (χ4v) is 4.14. The molecular weight excluding hydrogens is 377 g/mol. The summed E-state index contributed by atoms with van der Waals surface area (Å²) in [5, 5.41) is 19.3. The topological polar surface area (TPSA) is 67.0 Å². The Morgan fingerprint density at radius 3 is 2.57 bits per heavy atom. The second-order valence-corrected chi connectivity index (χ2v) is 7.68. The van der Waals surface area contributed by atoms with Crippen LogP contribution in [0.5, 0.6) is 0 Å². The van der Waals surface area contributed by atoms with E-state index in [1.165, 1.54) is 17.7 Å². The maximum absolute atomic E-state index is 14.2. The molecule has 6 heteroatoms. The van der Waals surface area contributed by atoms with Crippen molar-refractivity contribution in [2.75, 3.05) is 31.1 Å². The standard InChI is InChI=1S/C24H22FN5/c1-17-11-21(25)12-22-23(17)28-15-20(14-27)24(22)30-8-2-7-29(9-10-30)16-19-5-3-18(13-26)4-6-19/h3-6,11-12,15H,2,7-10,16H2,1H3. The van der Waals surface area contributed by atoms with E-state index in [2.05, 4.69) is 26.9 Å². The van der Waals surface area contributed by atoms with Crippen LogP contribution in [0, 0.1) is 35.4 Å². The molecule has 0 spiro atoms. The van der Waals surface area contributed by atoms with Crippen molar-refractivity contribution in [3.05, 3.63) is 70.7 Å². The molecule has 1 fully saturated rings. The van der Waals surface area contributed by atoms with E-state index < -0.39 is 0 Å². The molecular formula is C24H22FN5. The molecule has 5 nitrogen and oxygen atoms in total. The summed E-state index contributed by atoms with van der Waals surface area (Å²) in [6, 6.07) is 15.0. The van der Waals surface area contributed by atoms with Crippen molar-refractivity contribution < 1.29 is 4.39 Å². The van der Waals surface area contributed by atoms with Gasteiger partial charge in [0, 0.05) is 44.3 Å². The molecule has 0 aliphatic carbocycles. The van der Waals surface area contributed by atoms with Crippen LogP contribution >= 0.6 is 0 Å². The number of anilines is 1. The number of aryl methyl sites for hydroxylation is 1. The zero-order chi connectivity index (χ0) is 21.1. The number of pyridine rings is 1. The highest BCUT2D eigenvalue weighted by molar-refractivity contribution is 5.96. The van der Waals surface area contributed by atoms with Gasteiger partial charge in [0.15, 0.2) is 0 Å². The highest BCUT2D eigenvalue weighted by atomic mass is 19.1. The third-order valence-corrected chi connectivity index (χ3v) is 5.61. The first-order valence-corrected chi connectivity index (χ1v) is 10.0. The highest BCUT2D eigenvalue weighted by Gasteiger charge is 2.21. The van der Waals surface area contributed by atoms with Crippen molar-refractivity contribution in [2.45, 2.75) is 19.9 Å². The summed E-state index contributed by atoms with van der Waals surface area (Å²) in [6.07, 6.45) is 2.54. The first-order chi connectivity index (χ1) is 14.6. The van der Waals surface area contributed by atoms with Crippen LogP contribution in [0.2, 0.25) is 0 Å². The number of aromatic nitrogens is 1. The van der Waals surface area contributed by atoms with Crippen LogP contribution in [0.4, 0.5) is 10.1 Å². The molecule has 1 aromatic heterocycles. The molecule has 2 aromatic carbocycles. The fourth-order valence-electron chi connectivity index (χ4n) is 4.14. The Morgan fingerprint density at radius 2 is 1.83 bits per heavy atom. The van der Waals surface area contributed by atoms with Crippen LogP contribution in [0.15, 0.2) is 42.6 Å². The average Bonchev–Trinajstić information content (AvgIpc) is 2.98. The summed E-state index contributed by atoms with van der Waals surface area (Å²) in [7, 11) is 0. The number of hydrogen-bond acceptors (Lipinski definition) is 5. The van der Waals surface area contributed by atoms with Gasteiger partial charge in [-0.25, -0.2) is 4.39 Å². The maximum atomic E-state index is 14.2. The highest BCUT2D eigenvalue weighted by Crippen LogP contribution is 2.32. The van der Waals surface area contributed by atoms with Crippen molar-refractivity contribution in [1.29, 1.82) is 10.5 Å². The molecule has 0 unspecified atom stereocenters. The Bertz CT molecular complexity index is 1160. The zero-order valence-electron chi connectivity index (χ0n) is 16.9. The maximum Gasteiger partial charge on any atom is 0.124 e. The SMILES string of the molecule is Cc1cc(F)cc2c(N3CCCN(Cc4ccc(C#N)cc4)CC3)c(C#N)cnc12. The van der Waals surface area contributed by atoms with Crippen LogP contribution in [-0.4, -0.2) is 36.1 Å². The first kappa shape index (κ1) is 19.8. The summed E-state index contributed by atoms with van der Waals surface area (Å²) < 4.78 is 14.2. The van der Waals surface area contributed by atoms with Crippen LogP contribution < -0.4 is 4.90 Å². The Labute approximate surface area is 175 Å². The van der Waals surface area contributed by atoms with E-state index in [9.17, 15) is 9.65 Å². The Kier molecular flexibility index (Phi) is 5.61. The molecule has 30 heavy (non-hydrogen) atoms. The molecule has 0 radical (unpaired) electrons. The van der Waals surface area contributed by atoms with Gasteiger partial charge in [-0.2, -0.15) is 10.5 Å². The molecule has 1 aliphatic heterocycles. The van der Waals surface area contributed by atoms with E-state index in [0.717, 1.165) is 55.9 Å². The minimum absolute atomic E-state index is 0.310. The lowest BCUT2D eigenvalue weighted by Gasteiger charge is -2.26. The fraction of sp³-hybridized carbons (Fsp3) is 0.292. The van der Waals surface area contributed by atoms with Crippen molar-refractivity contribution in [3.63, 3.8) is 0 Å². The smallest absolute Gasteiger partial charge is 0.124 e. The van der Waals surface area contributed by atoms with E-state index in [-0.39, 0.29) is 5.82 Å². The molecule has 3 aromatic rings. The predicted molar refractivity (Wildman–Crippen MR) is 114 cm³/mol. The molecule has 0 saturated carbocycles. The quantitative estimate of drug-likeness (QED) is 0.662. The normalized spacial score (nSPS) is 14.9. The van der Waals surface area contributed by atoms with E-state index >= 15 is 0 Å². The van der Waals surface area contributed by atoms with Gasteiger partial charge in [0.2, 0.25) is 0 Å². The van der Waals surface area contributed by atoms with Gasteiger partial charge in [0.25, 0.3) is 0 Å². The minimum Gasteiger partial charge on any atom is -0.369 e. The van der Waals surface area contributed by atoms with Crippen LogP contribution in [0.25, 0.3) is 10.9 Å². The molecule has 1 saturated heterocycles. The van der Waals surface area contributed by atoms with E-state index in [1.807, 2.05) is 31.2 Å². The van der Waals surface area contributed by atoms with Gasteiger partial charge in [0.1, 0.15) is 11.9 Å². The van der Waals surface area contributed by atoms with Crippen molar-refractivity contribution in [3.8, 4) is 12.1 Å². The van der Waals surface area contributed by atoms with Gasteiger partial charge < -0.3 is 4.90 Å². The molecule has 150 valence electrons. The molecule has 4 rings (SSSR count). The minimum atomic E-state index is -0.310. The molecule has 1 aliphatic rings. The van der Waals surface area contributed by atoms with Crippen molar-refractivity contribution >= 4 is 16.6 Å². The molecule has 0 N–H and O–H groups in total. The number of nitriles is 2. The lowest BCUT2D eigenvalue weighted by atomic mass is 10.0. The van der Waals surface area contributed by atoms with Gasteiger partial charge in [-0.3, -0.25) is 9.88 Å². The van der Waals surface area contributed by atoms with Gasteiger partial charge in [-0.05, 0) is 48.7 Å². The largest absolute Gasteiger partial charge is 0.369 e. The summed E-state index contributed by atoms with van der Waals surface area (Å²) in [5.41, 5.74) is 4.61. The van der Waals surface area contributed by atoms with Gasteiger partial charge in [-0.1, -0.05) is 12.1 Å². The van der Waals surface area contributed by atoms with Crippen molar-refractivity contribution in [2.24, 2.45) is 0 Å². The summed E-state index contributed by atoms with van der Waals surface area (Å²) in [4.78, 5) is 8.98. The predicted octanol–water partition coefficient (Wildman–Crippen LogP) is 4.14. The number of rotatable bonds is 3. The molecule has 0 bridgehead atoms. The third-order valence-electron chi connectivity index (χ3n) is 5.61. The summed E-state index contributed by atoms with van der Waals surface area (Å²) in [6.45, 7) is 5.98. The number of halogens is 1. The van der Waals surface area contributed by atoms with E-state index in [4.69, 9.17) is 5.26 Å². The van der Waals surface area contributed by atoms with Gasteiger partial charge in [-0.15, -0.1) is 0 Å². The van der Waals surface area contributed by atoms with Crippen molar-refractivity contribution in [1.82, 2.24) is 9.88 Å². The first-order valence-electron chi connectivity index (χ1n) is 10.0. The van der Waals surface area contributed by atoms with Crippen LogP contribution in [0.1, 0.15) is 28.7 Å². The lowest BCUT2D eigenvalue weighted by Crippen LogP contribution is -2.31. The van der Waals surface area contributed by atoms with Crippen LogP contribution in [0.3, 0.4) is 0 Å². The van der Waals surface area contributed by atoms with E-state index in [0.29, 0.717) is 16.5 Å². The summed E-state index contributed by atoms with van der Waals surface area (Å²) in [5.74, 6) is -0.310. The molecule has 0 amide bonds. The second kappa shape index (κ2) is 8.49. The Morgan fingerprint density at radius 1 is 1.03 bits per heavy atom. The van der Waals surface area contributed by atoms with E-state index in [1.54, 1.807) is 6.20 Å². The second-order valence-electron chi connectivity index (χ2n) is 7.68. The third kappa shape index (κ3) is 3.96. The Hall–Kier alpha value is -3.48. The Balaban J connectivity index is 1.59. The van der Waals surface area contributed by atoms with Gasteiger partial charge in [0.05, 0.1) is 28.4 Å².